The van der Waals surface area contributed by atoms with Crippen molar-refractivity contribution in [2.24, 2.45) is 0 Å². The van der Waals surface area contributed by atoms with E-state index in [0.717, 1.165) is 5.52 Å². The fourth-order valence-corrected chi connectivity index (χ4v) is 3.39. The maximum absolute atomic E-state index is 13.4. The second-order valence-corrected chi connectivity index (χ2v) is 6.94. The van der Waals surface area contributed by atoms with Gasteiger partial charge >= 0.3 is 0 Å². The van der Waals surface area contributed by atoms with Gasteiger partial charge in [0.1, 0.15) is 6.07 Å². The average Bonchev–Trinajstić information content (AvgIpc) is 3.09. The summed E-state index contributed by atoms with van der Waals surface area (Å²) in [7, 11) is 0. The summed E-state index contributed by atoms with van der Waals surface area (Å²) in [5.41, 5.74) is 1.62. The Hall–Kier alpha value is -3.38. The number of halogens is 2. The van der Waals surface area contributed by atoms with Crippen molar-refractivity contribution in [2.75, 3.05) is 18.4 Å². The Kier molecular flexibility index (Phi) is 4.94. The van der Waals surface area contributed by atoms with Crippen LogP contribution in [-0.2, 0) is 6.54 Å². The third-order valence-electron chi connectivity index (χ3n) is 4.95. The third-order valence-corrected chi connectivity index (χ3v) is 4.95. The molecule has 3 aromatic heterocycles. The van der Waals surface area contributed by atoms with Gasteiger partial charge in [-0.2, -0.15) is 5.26 Å². The molecule has 0 aromatic carbocycles. The van der Waals surface area contributed by atoms with E-state index in [0.29, 0.717) is 12.2 Å². The first-order valence-corrected chi connectivity index (χ1v) is 9.19. The van der Waals surface area contributed by atoms with Gasteiger partial charge in [-0.3, -0.25) is 14.1 Å². The van der Waals surface area contributed by atoms with Crippen LogP contribution in [0.5, 0.6) is 0 Å². The first-order valence-electron chi connectivity index (χ1n) is 9.19. The van der Waals surface area contributed by atoms with E-state index in [9.17, 15) is 18.8 Å². The Bertz CT molecular complexity index is 1090. The largest absolute Gasteiger partial charge is 0.303 e. The molecule has 1 amide bonds. The average molecular weight is 396 g/mol. The molecule has 0 radical (unpaired) electrons. The number of carbonyl (C=O) groups is 1. The molecule has 1 aliphatic heterocycles. The highest BCUT2D eigenvalue weighted by Gasteiger charge is 2.34. The zero-order valence-electron chi connectivity index (χ0n) is 15.5. The summed E-state index contributed by atoms with van der Waals surface area (Å²) in [5, 5.41) is 11.8. The quantitative estimate of drug-likeness (QED) is 0.732. The minimum atomic E-state index is -2.61. The van der Waals surface area contributed by atoms with E-state index in [-0.39, 0.29) is 43.1 Å². The number of rotatable bonds is 4. The second kappa shape index (κ2) is 7.56. The predicted molar refractivity (Wildman–Crippen MR) is 102 cm³/mol. The zero-order chi connectivity index (χ0) is 20.4. The number of amides is 1. The summed E-state index contributed by atoms with van der Waals surface area (Å²) < 4.78 is 28.5. The molecule has 0 aliphatic carbocycles. The van der Waals surface area contributed by atoms with Crippen molar-refractivity contribution in [3.63, 3.8) is 0 Å². The van der Waals surface area contributed by atoms with Gasteiger partial charge in [0.25, 0.3) is 11.8 Å². The number of piperidine rings is 1. The van der Waals surface area contributed by atoms with Gasteiger partial charge < -0.3 is 5.32 Å². The van der Waals surface area contributed by atoms with Crippen molar-refractivity contribution in [1.29, 1.82) is 5.26 Å². The molecule has 1 aliphatic rings. The lowest BCUT2D eigenvalue weighted by Gasteiger charge is -2.31. The molecule has 0 saturated carbocycles. The van der Waals surface area contributed by atoms with Crippen LogP contribution in [-0.4, -0.2) is 44.2 Å². The van der Waals surface area contributed by atoms with Gasteiger partial charge in [-0.25, -0.2) is 18.7 Å². The molecule has 148 valence electrons. The Balaban J connectivity index is 1.61. The topological polar surface area (TPSA) is 86.3 Å². The van der Waals surface area contributed by atoms with Crippen LogP contribution in [0.4, 0.5) is 14.6 Å². The molecule has 4 heterocycles. The molecular formula is C20H18F2N6O. The first kappa shape index (κ1) is 19.0. The number of aromatic nitrogens is 3. The standard InChI is InChI=1S/C20H18F2N6O/c21-20(22)6-10-27(11-7-20)13-15-16-5-1-2-9-28(16)18(25-15)19(29)26-17-14(12-23)4-3-8-24-17/h1-5,8-9H,6-7,10-11,13H2,(H,24,26,29). The normalized spacial score (nSPS) is 16.4. The van der Waals surface area contributed by atoms with Crippen LogP contribution >= 0.6 is 0 Å². The van der Waals surface area contributed by atoms with E-state index in [1.54, 1.807) is 28.8 Å². The maximum Gasteiger partial charge on any atom is 0.293 e. The fourth-order valence-electron chi connectivity index (χ4n) is 3.39. The molecule has 1 saturated heterocycles. The number of alkyl halides is 2. The Morgan fingerprint density at radius 3 is 2.79 bits per heavy atom. The van der Waals surface area contributed by atoms with Crippen LogP contribution in [0.25, 0.3) is 5.52 Å². The molecule has 29 heavy (non-hydrogen) atoms. The smallest absolute Gasteiger partial charge is 0.293 e. The maximum atomic E-state index is 13.4. The number of hydrogen-bond donors (Lipinski definition) is 1. The third kappa shape index (κ3) is 3.93. The highest BCUT2D eigenvalue weighted by molar-refractivity contribution is 6.02. The molecule has 0 atom stereocenters. The van der Waals surface area contributed by atoms with E-state index >= 15 is 0 Å². The van der Waals surface area contributed by atoms with Gasteiger partial charge in [-0.05, 0) is 24.3 Å². The van der Waals surface area contributed by atoms with E-state index < -0.39 is 11.8 Å². The van der Waals surface area contributed by atoms with E-state index in [4.69, 9.17) is 0 Å². The number of nitrogens with one attached hydrogen (secondary N) is 1. The number of anilines is 1. The molecule has 0 spiro atoms. The molecule has 9 heteroatoms. The summed E-state index contributed by atoms with van der Waals surface area (Å²) >= 11 is 0. The highest BCUT2D eigenvalue weighted by atomic mass is 19.3. The molecule has 7 nitrogen and oxygen atoms in total. The molecule has 0 unspecified atom stereocenters. The van der Waals surface area contributed by atoms with Crippen LogP contribution in [0.3, 0.4) is 0 Å². The van der Waals surface area contributed by atoms with Gasteiger partial charge in [0.05, 0.1) is 16.8 Å². The van der Waals surface area contributed by atoms with Crippen molar-refractivity contribution >= 4 is 17.2 Å². The van der Waals surface area contributed by atoms with Gasteiger partial charge in [-0.15, -0.1) is 0 Å². The van der Waals surface area contributed by atoms with E-state index in [2.05, 4.69) is 15.3 Å². The molecule has 0 bridgehead atoms. The van der Waals surface area contributed by atoms with Crippen LogP contribution < -0.4 is 5.32 Å². The van der Waals surface area contributed by atoms with E-state index in [1.807, 2.05) is 23.1 Å². The summed E-state index contributed by atoms with van der Waals surface area (Å²) in [6.45, 7) is 0.934. The number of likely N-dealkylation sites (tertiary alicyclic amines) is 1. The number of hydrogen-bond acceptors (Lipinski definition) is 5. The monoisotopic (exact) mass is 396 g/mol. The van der Waals surface area contributed by atoms with Crippen molar-refractivity contribution in [3.8, 4) is 6.07 Å². The number of nitrogens with zero attached hydrogens (tertiary/aromatic N) is 5. The molecular weight excluding hydrogens is 378 g/mol. The zero-order valence-corrected chi connectivity index (χ0v) is 15.5. The lowest BCUT2D eigenvalue weighted by atomic mass is 10.1. The van der Waals surface area contributed by atoms with Crippen LogP contribution in [0, 0.1) is 11.3 Å². The van der Waals surface area contributed by atoms with Gasteiger partial charge in [0.2, 0.25) is 5.82 Å². The Morgan fingerprint density at radius 1 is 1.24 bits per heavy atom. The van der Waals surface area contributed by atoms with Crippen LogP contribution in [0.1, 0.15) is 34.7 Å². The lowest BCUT2D eigenvalue weighted by molar-refractivity contribution is -0.0567. The molecule has 1 N–H and O–H groups in total. The first-order chi connectivity index (χ1) is 14.0. The van der Waals surface area contributed by atoms with Gasteiger partial charge in [0, 0.05) is 44.9 Å². The Labute approximate surface area is 165 Å². The number of pyridine rings is 2. The minimum absolute atomic E-state index is 0.146. The summed E-state index contributed by atoms with van der Waals surface area (Å²) in [4.78, 5) is 23.3. The lowest BCUT2D eigenvalue weighted by Crippen LogP contribution is -2.38. The van der Waals surface area contributed by atoms with Crippen molar-refractivity contribution in [1.82, 2.24) is 19.3 Å². The number of carbonyl (C=O) groups excluding carboxylic acids is 1. The SMILES string of the molecule is N#Cc1cccnc1NC(=O)c1nc(CN2CCC(F)(F)CC2)c2ccccn12. The molecule has 3 aromatic rings. The van der Waals surface area contributed by atoms with Crippen molar-refractivity contribution < 1.29 is 13.6 Å². The van der Waals surface area contributed by atoms with Crippen LogP contribution in [0.2, 0.25) is 0 Å². The highest BCUT2D eigenvalue weighted by Crippen LogP contribution is 2.29. The number of imidazole rings is 1. The fraction of sp³-hybridized carbons (Fsp3) is 0.300. The van der Waals surface area contributed by atoms with Crippen molar-refractivity contribution in [2.45, 2.75) is 25.3 Å². The second-order valence-electron chi connectivity index (χ2n) is 6.94. The summed E-state index contributed by atoms with van der Waals surface area (Å²) in [6, 6.07) is 10.6. The Morgan fingerprint density at radius 2 is 2.03 bits per heavy atom. The summed E-state index contributed by atoms with van der Waals surface area (Å²) in [6.07, 6.45) is 2.85. The minimum Gasteiger partial charge on any atom is -0.303 e. The number of fused-ring (bicyclic) bond motifs is 1. The summed E-state index contributed by atoms with van der Waals surface area (Å²) in [5.74, 6) is -2.81. The number of nitriles is 1. The van der Waals surface area contributed by atoms with Gasteiger partial charge in [-0.1, -0.05) is 6.07 Å². The van der Waals surface area contributed by atoms with Crippen LogP contribution in [0.15, 0.2) is 42.7 Å². The molecule has 4 rings (SSSR count). The van der Waals surface area contributed by atoms with Gasteiger partial charge in [0.15, 0.2) is 5.82 Å². The van der Waals surface area contributed by atoms with E-state index in [1.165, 1.54) is 6.20 Å². The molecule has 1 fully saturated rings. The van der Waals surface area contributed by atoms with Crippen molar-refractivity contribution in [3.05, 3.63) is 59.8 Å². The predicted octanol–water partition coefficient (Wildman–Crippen LogP) is 3.08.